The summed E-state index contributed by atoms with van der Waals surface area (Å²) in [5, 5.41) is 8.43. The number of benzene rings is 1. The second kappa shape index (κ2) is 7.45. The van der Waals surface area contributed by atoms with E-state index in [-0.39, 0.29) is 30.2 Å². The van der Waals surface area contributed by atoms with E-state index >= 15 is 0 Å². The summed E-state index contributed by atoms with van der Waals surface area (Å²) in [6, 6.07) is 7.08. The molecular formula is C16H17ClN4O3S. The van der Waals surface area contributed by atoms with Gasteiger partial charge in [0, 0.05) is 19.5 Å². The Morgan fingerprint density at radius 2 is 2.16 bits per heavy atom. The van der Waals surface area contributed by atoms with Gasteiger partial charge in [0.15, 0.2) is 0 Å². The molecule has 0 unspecified atom stereocenters. The first-order valence-corrected chi connectivity index (χ1v) is 9.09. The quantitative estimate of drug-likeness (QED) is 0.758. The van der Waals surface area contributed by atoms with Crippen molar-refractivity contribution in [2.75, 3.05) is 23.7 Å². The molecule has 0 bridgehead atoms. The summed E-state index contributed by atoms with van der Waals surface area (Å²) in [5.74, 6) is 0.302. The van der Waals surface area contributed by atoms with Gasteiger partial charge in [-0.2, -0.15) is 0 Å². The molecule has 2 amide bonds. The van der Waals surface area contributed by atoms with Crippen LogP contribution in [0.4, 0.5) is 5.69 Å². The maximum atomic E-state index is 12.5. The standard InChI is InChI=1S/C16H17ClN4O3S/c1-10-7-21(13-6-4-3-5-12(13)17)14(22)8-20(10)15(23)9-25-16-19-18-11(2)24-16/h3-6,10H,7-9H2,1-2H3/t10-/m0/s1. The molecule has 1 aromatic heterocycles. The van der Waals surface area contributed by atoms with Crippen molar-refractivity contribution >= 4 is 40.9 Å². The highest BCUT2D eigenvalue weighted by molar-refractivity contribution is 7.99. The summed E-state index contributed by atoms with van der Waals surface area (Å²) in [5.41, 5.74) is 0.670. The van der Waals surface area contributed by atoms with Gasteiger partial charge in [-0.1, -0.05) is 35.5 Å². The van der Waals surface area contributed by atoms with E-state index in [4.69, 9.17) is 16.0 Å². The fourth-order valence-corrected chi connectivity index (χ4v) is 3.56. The van der Waals surface area contributed by atoms with E-state index in [0.29, 0.717) is 28.4 Å². The van der Waals surface area contributed by atoms with Crippen LogP contribution in [0.3, 0.4) is 0 Å². The van der Waals surface area contributed by atoms with Gasteiger partial charge in [-0.3, -0.25) is 9.59 Å². The summed E-state index contributed by atoms with van der Waals surface area (Å²) >= 11 is 7.36. The third-order valence-electron chi connectivity index (χ3n) is 3.88. The minimum atomic E-state index is -0.154. The van der Waals surface area contributed by atoms with Crippen molar-refractivity contribution in [3.8, 4) is 0 Å². The first kappa shape index (κ1) is 17.8. The van der Waals surface area contributed by atoms with E-state index in [0.717, 1.165) is 0 Å². The molecule has 2 heterocycles. The monoisotopic (exact) mass is 380 g/mol. The van der Waals surface area contributed by atoms with Crippen LogP contribution in [0.25, 0.3) is 0 Å². The molecule has 25 heavy (non-hydrogen) atoms. The molecule has 1 atom stereocenters. The normalized spacial score (nSPS) is 17.9. The number of hydrogen-bond donors (Lipinski definition) is 0. The first-order valence-electron chi connectivity index (χ1n) is 7.73. The Balaban J connectivity index is 1.64. The topological polar surface area (TPSA) is 79.5 Å². The van der Waals surface area contributed by atoms with Gasteiger partial charge >= 0.3 is 0 Å². The number of carbonyl (C=O) groups excluding carboxylic acids is 2. The Morgan fingerprint density at radius 3 is 2.84 bits per heavy atom. The highest BCUT2D eigenvalue weighted by atomic mass is 35.5. The number of piperazine rings is 1. The van der Waals surface area contributed by atoms with E-state index in [2.05, 4.69) is 10.2 Å². The zero-order valence-electron chi connectivity index (χ0n) is 13.8. The van der Waals surface area contributed by atoms with E-state index in [1.807, 2.05) is 19.1 Å². The van der Waals surface area contributed by atoms with Crippen LogP contribution in [0.1, 0.15) is 12.8 Å². The predicted molar refractivity (Wildman–Crippen MR) is 94.7 cm³/mol. The van der Waals surface area contributed by atoms with E-state index in [9.17, 15) is 9.59 Å². The SMILES string of the molecule is Cc1nnc(SCC(=O)N2CC(=O)N(c3ccccc3Cl)C[C@@H]2C)o1. The molecule has 0 N–H and O–H groups in total. The molecular weight excluding hydrogens is 364 g/mol. The number of hydrogen-bond acceptors (Lipinski definition) is 6. The van der Waals surface area contributed by atoms with Gasteiger partial charge in [0.25, 0.3) is 5.22 Å². The molecule has 0 aliphatic carbocycles. The van der Waals surface area contributed by atoms with Crippen LogP contribution in [0.15, 0.2) is 33.9 Å². The third-order valence-corrected chi connectivity index (χ3v) is 5.00. The summed E-state index contributed by atoms with van der Waals surface area (Å²) in [4.78, 5) is 28.2. The summed E-state index contributed by atoms with van der Waals surface area (Å²) in [6.07, 6.45) is 0. The first-order chi connectivity index (χ1) is 12.0. The molecule has 3 rings (SSSR count). The van der Waals surface area contributed by atoms with Crippen LogP contribution in [0.2, 0.25) is 5.02 Å². The molecule has 7 nitrogen and oxygen atoms in total. The number of para-hydroxylation sites is 1. The van der Waals surface area contributed by atoms with Crippen molar-refractivity contribution in [1.82, 2.24) is 15.1 Å². The number of anilines is 1. The third kappa shape index (κ3) is 3.96. The molecule has 0 saturated carbocycles. The van der Waals surface area contributed by atoms with Crippen LogP contribution < -0.4 is 4.90 Å². The highest BCUT2D eigenvalue weighted by Crippen LogP contribution is 2.28. The summed E-state index contributed by atoms with van der Waals surface area (Å²) in [6.45, 7) is 4.02. The van der Waals surface area contributed by atoms with Gasteiger partial charge in [0.05, 0.1) is 16.5 Å². The van der Waals surface area contributed by atoms with Gasteiger partial charge in [-0.05, 0) is 19.1 Å². The Morgan fingerprint density at radius 1 is 1.40 bits per heavy atom. The van der Waals surface area contributed by atoms with Crippen molar-refractivity contribution in [3.05, 3.63) is 35.2 Å². The zero-order valence-corrected chi connectivity index (χ0v) is 15.4. The van der Waals surface area contributed by atoms with Gasteiger partial charge in [0.2, 0.25) is 17.7 Å². The minimum Gasteiger partial charge on any atom is -0.416 e. The lowest BCUT2D eigenvalue weighted by molar-refractivity contribution is -0.137. The van der Waals surface area contributed by atoms with Crippen LogP contribution >= 0.6 is 23.4 Å². The minimum absolute atomic E-state index is 0.0225. The second-order valence-electron chi connectivity index (χ2n) is 5.70. The number of amides is 2. The Labute approximate surface area is 154 Å². The predicted octanol–water partition coefficient (Wildman–Crippen LogP) is 2.39. The maximum Gasteiger partial charge on any atom is 0.277 e. The number of rotatable bonds is 4. The van der Waals surface area contributed by atoms with Crippen molar-refractivity contribution in [2.45, 2.75) is 25.1 Å². The van der Waals surface area contributed by atoms with Crippen molar-refractivity contribution in [1.29, 1.82) is 0 Å². The smallest absolute Gasteiger partial charge is 0.277 e. The van der Waals surface area contributed by atoms with E-state index in [1.165, 1.54) is 11.8 Å². The molecule has 0 spiro atoms. The lowest BCUT2D eigenvalue weighted by Gasteiger charge is -2.39. The Hall–Kier alpha value is -2.06. The van der Waals surface area contributed by atoms with Crippen molar-refractivity contribution < 1.29 is 14.0 Å². The molecule has 1 saturated heterocycles. The Kier molecular flexibility index (Phi) is 5.29. The van der Waals surface area contributed by atoms with Crippen LogP contribution in [-0.2, 0) is 9.59 Å². The fraction of sp³-hybridized carbons (Fsp3) is 0.375. The molecule has 1 aliphatic heterocycles. The van der Waals surface area contributed by atoms with Crippen molar-refractivity contribution in [2.24, 2.45) is 0 Å². The van der Waals surface area contributed by atoms with Gasteiger partial charge in [0.1, 0.15) is 6.54 Å². The van der Waals surface area contributed by atoms with E-state index in [1.54, 1.807) is 28.9 Å². The molecule has 2 aromatic rings. The average molecular weight is 381 g/mol. The largest absolute Gasteiger partial charge is 0.416 e. The number of carbonyl (C=O) groups is 2. The molecule has 0 radical (unpaired) electrons. The number of halogens is 1. The molecule has 132 valence electrons. The van der Waals surface area contributed by atoms with Gasteiger partial charge in [-0.25, -0.2) is 0 Å². The lowest BCUT2D eigenvalue weighted by atomic mass is 10.1. The van der Waals surface area contributed by atoms with E-state index < -0.39 is 0 Å². The summed E-state index contributed by atoms with van der Waals surface area (Å²) in [7, 11) is 0. The molecule has 1 aromatic carbocycles. The highest BCUT2D eigenvalue weighted by Gasteiger charge is 2.33. The number of aryl methyl sites for hydroxylation is 1. The molecule has 9 heteroatoms. The molecule has 1 fully saturated rings. The van der Waals surface area contributed by atoms with Gasteiger partial charge < -0.3 is 14.2 Å². The van der Waals surface area contributed by atoms with Crippen LogP contribution in [0.5, 0.6) is 0 Å². The zero-order chi connectivity index (χ0) is 18.0. The lowest BCUT2D eigenvalue weighted by Crippen LogP contribution is -2.57. The van der Waals surface area contributed by atoms with Crippen LogP contribution in [-0.4, -0.2) is 51.8 Å². The maximum absolute atomic E-state index is 12.5. The number of aromatic nitrogens is 2. The van der Waals surface area contributed by atoms with Gasteiger partial charge in [-0.15, -0.1) is 10.2 Å². The summed E-state index contributed by atoms with van der Waals surface area (Å²) < 4.78 is 5.24. The average Bonchev–Trinajstić information content (AvgIpc) is 3.00. The van der Waals surface area contributed by atoms with Crippen molar-refractivity contribution in [3.63, 3.8) is 0 Å². The fourth-order valence-electron chi connectivity index (χ4n) is 2.63. The number of nitrogens with zero attached hydrogens (tertiary/aromatic N) is 4. The second-order valence-corrected chi connectivity index (χ2v) is 7.04. The number of thioether (sulfide) groups is 1. The Bertz CT molecular complexity index is 797. The molecule has 1 aliphatic rings. The van der Waals surface area contributed by atoms with Crippen LogP contribution in [0, 0.1) is 6.92 Å².